The Morgan fingerprint density at radius 3 is 2.91 bits per heavy atom. The molecule has 3 aromatic rings. The summed E-state index contributed by atoms with van der Waals surface area (Å²) in [5.74, 6) is -0.265. The van der Waals surface area contributed by atoms with E-state index in [1.54, 1.807) is 4.40 Å². The summed E-state index contributed by atoms with van der Waals surface area (Å²) in [4.78, 5) is 19.7. The Morgan fingerprint density at radius 1 is 1.35 bits per heavy atom. The molecule has 0 unspecified atom stereocenters. The van der Waals surface area contributed by atoms with Gasteiger partial charge in [-0.15, -0.1) is 0 Å². The topological polar surface area (TPSA) is 76.7 Å². The van der Waals surface area contributed by atoms with Crippen molar-refractivity contribution in [3.63, 3.8) is 0 Å². The molecule has 0 radical (unpaired) electrons. The van der Waals surface area contributed by atoms with Gasteiger partial charge < -0.3 is 9.84 Å². The number of carboxylic acids is 1. The van der Waals surface area contributed by atoms with Crippen LogP contribution in [0.25, 0.3) is 16.9 Å². The van der Waals surface area contributed by atoms with Gasteiger partial charge in [-0.1, -0.05) is 12.1 Å². The summed E-state index contributed by atoms with van der Waals surface area (Å²) >= 11 is 0. The maximum absolute atomic E-state index is 11.3. The molecule has 1 fully saturated rings. The zero-order chi connectivity index (χ0) is 16.0. The van der Waals surface area contributed by atoms with Crippen LogP contribution in [0.5, 0.6) is 5.75 Å². The van der Waals surface area contributed by atoms with Gasteiger partial charge in [-0.3, -0.25) is 4.40 Å². The Bertz CT molecular complexity index is 913. The number of fused-ring (bicyclic) bond motifs is 1. The fourth-order valence-corrected chi connectivity index (χ4v) is 2.53. The first-order valence-corrected chi connectivity index (χ1v) is 7.47. The third-order valence-electron chi connectivity index (χ3n) is 3.85. The summed E-state index contributed by atoms with van der Waals surface area (Å²) in [6.45, 7) is 1.90. The lowest BCUT2D eigenvalue weighted by Crippen LogP contribution is -2.01. The normalized spacial score (nSPS) is 14.1. The van der Waals surface area contributed by atoms with Gasteiger partial charge in [0.2, 0.25) is 0 Å². The number of ether oxygens (including phenoxy) is 1. The van der Waals surface area contributed by atoms with Crippen LogP contribution in [0.4, 0.5) is 0 Å². The highest BCUT2D eigenvalue weighted by molar-refractivity contribution is 5.92. The first kappa shape index (κ1) is 13.8. The molecule has 23 heavy (non-hydrogen) atoms. The van der Waals surface area contributed by atoms with E-state index in [-0.39, 0.29) is 5.69 Å². The molecule has 0 amide bonds. The van der Waals surface area contributed by atoms with Gasteiger partial charge in [0.25, 0.3) is 0 Å². The fraction of sp³-hybridized carbons (Fsp3) is 0.235. The van der Waals surface area contributed by atoms with Crippen molar-refractivity contribution in [1.82, 2.24) is 14.4 Å². The van der Waals surface area contributed by atoms with Gasteiger partial charge >= 0.3 is 5.97 Å². The molecule has 0 atom stereocenters. The Morgan fingerprint density at radius 2 is 2.17 bits per heavy atom. The second-order valence-electron chi connectivity index (χ2n) is 5.72. The van der Waals surface area contributed by atoms with Gasteiger partial charge in [0.15, 0.2) is 11.3 Å². The quantitative estimate of drug-likeness (QED) is 0.802. The molecule has 2 heterocycles. The molecular formula is C17H15N3O3. The number of carboxylic acid groups (broad SMARTS) is 1. The summed E-state index contributed by atoms with van der Waals surface area (Å²) in [7, 11) is 0. The highest BCUT2D eigenvalue weighted by Crippen LogP contribution is 2.30. The molecule has 0 aliphatic heterocycles. The van der Waals surface area contributed by atoms with Crippen LogP contribution in [0.3, 0.4) is 0 Å². The number of aromatic carboxylic acids is 1. The zero-order valence-electron chi connectivity index (χ0n) is 12.6. The second kappa shape index (κ2) is 5.08. The first-order chi connectivity index (χ1) is 11.1. The second-order valence-corrected chi connectivity index (χ2v) is 5.72. The van der Waals surface area contributed by atoms with E-state index in [0.717, 1.165) is 29.8 Å². The van der Waals surface area contributed by atoms with Crippen LogP contribution in [0.1, 0.15) is 29.0 Å². The van der Waals surface area contributed by atoms with Crippen LogP contribution in [-0.4, -0.2) is 31.5 Å². The molecule has 116 valence electrons. The Balaban J connectivity index is 1.81. The molecule has 1 N–H and O–H groups in total. The average Bonchev–Trinajstić information content (AvgIpc) is 3.22. The van der Waals surface area contributed by atoms with E-state index in [1.165, 1.54) is 6.33 Å². The number of aromatic nitrogens is 3. The Kier molecular flexibility index (Phi) is 3.04. The van der Waals surface area contributed by atoms with Gasteiger partial charge in [0.05, 0.1) is 11.8 Å². The summed E-state index contributed by atoms with van der Waals surface area (Å²) in [5.41, 5.74) is 2.78. The van der Waals surface area contributed by atoms with Crippen molar-refractivity contribution in [3.8, 4) is 17.0 Å². The first-order valence-electron chi connectivity index (χ1n) is 7.47. The maximum atomic E-state index is 11.3. The number of hydrogen-bond acceptors (Lipinski definition) is 4. The third-order valence-corrected chi connectivity index (χ3v) is 3.85. The van der Waals surface area contributed by atoms with E-state index in [1.807, 2.05) is 37.3 Å². The highest BCUT2D eigenvalue weighted by Gasteiger charge is 2.23. The van der Waals surface area contributed by atoms with Crippen molar-refractivity contribution in [3.05, 3.63) is 48.0 Å². The van der Waals surface area contributed by atoms with Crippen molar-refractivity contribution in [1.29, 1.82) is 0 Å². The van der Waals surface area contributed by atoms with Gasteiger partial charge in [0, 0.05) is 11.3 Å². The molecule has 6 nitrogen and oxygen atoms in total. The standard InChI is InChI=1S/C17H15N3O3/c1-10-7-14(19-16-15(17(21)22)18-9-20(10)16)11-3-2-4-13(8-11)23-12-5-6-12/h2-4,7-9,12H,5-6H2,1H3,(H,21,22). The molecule has 1 aromatic carbocycles. The number of benzene rings is 1. The molecule has 4 rings (SSSR count). The van der Waals surface area contributed by atoms with E-state index in [0.29, 0.717) is 17.4 Å². The van der Waals surface area contributed by atoms with Gasteiger partial charge in [0.1, 0.15) is 12.1 Å². The van der Waals surface area contributed by atoms with E-state index < -0.39 is 5.97 Å². The highest BCUT2D eigenvalue weighted by atomic mass is 16.5. The van der Waals surface area contributed by atoms with E-state index in [4.69, 9.17) is 4.74 Å². The minimum Gasteiger partial charge on any atom is -0.490 e. The molecule has 0 spiro atoms. The van der Waals surface area contributed by atoms with Crippen LogP contribution in [0.2, 0.25) is 0 Å². The van der Waals surface area contributed by atoms with E-state index >= 15 is 0 Å². The lowest BCUT2D eigenvalue weighted by atomic mass is 10.1. The van der Waals surface area contributed by atoms with Crippen LogP contribution < -0.4 is 4.74 Å². The van der Waals surface area contributed by atoms with Crippen molar-refractivity contribution < 1.29 is 14.6 Å². The summed E-state index contributed by atoms with van der Waals surface area (Å²) < 4.78 is 7.49. The van der Waals surface area contributed by atoms with Crippen LogP contribution in [-0.2, 0) is 0 Å². The Hall–Kier alpha value is -2.89. The smallest absolute Gasteiger partial charge is 0.358 e. The van der Waals surface area contributed by atoms with Crippen LogP contribution >= 0.6 is 0 Å². The van der Waals surface area contributed by atoms with E-state index in [2.05, 4.69) is 9.97 Å². The van der Waals surface area contributed by atoms with Crippen molar-refractivity contribution in [2.45, 2.75) is 25.9 Å². The zero-order valence-corrected chi connectivity index (χ0v) is 12.6. The predicted octanol–water partition coefficient (Wildman–Crippen LogP) is 2.94. The number of aryl methyl sites for hydroxylation is 1. The van der Waals surface area contributed by atoms with Crippen LogP contribution in [0.15, 0.2) is 36.7 Å². The van der Waals surface area contributed by atoms with E-state index in [9.17, 15) is 9.90 Å². The average molecular weight is 309 g/mol. The third kappa shape index (κ3) is 2.52. The molecule has 1 aliphatic carbocycles. The largest absolute Gasteiger partial charge is 0.490 e. The number of hydrogen-bond donors (Lipinski definition) is 1. The molecule has 1 saturated carbocycles. The van der Waals surface area contributed by atoms with Gasteiger partial charge in [-0.05, 0) is 38.0 Å². The predicted molar refractivity (Wildman–Crippen MR) is 83.8 cm³/mol. The molecule has 0 bridgehead atoms. The minimum atomic E-state index is -1.08. The maximum Gasteiger partial charge on any atom is 0.358 e. The van der Waals surface area contributed by atoms with Crippen LogP contribution in [0, 0.1) is 6.92 Å². The molecule has 0 saturated heterocycles. The fourth-order valence-electron chi connectivity index (χ4n) is 2.53. The number of nitrogens with zero attached hydrogens (tertiary/aromatic N) is 3. The summed E-state index contributed by atoms with van der Waals surface area (Å²) in [5, 5.41) is 9.24. The lowest BCUT2D eigenvalue weighted by Gasteiger charge is -2.08. The summed E-state index contributed by atoms with van der Waals surface area (Å²) in [6.07, 6.45) is 4.02. The van der Waals surface area contributed by atoms with Gasteiger partial charge in [-0.2, -0.15) is 0 Å². The monoisotopic (exact) mass is 309 g/mol. The number of imidazole rings is 1. The number of carbonyl (C=O) groups is 1. The van der Waals surface area contributed by atoms with Crippen molar-refractivity contribution in [2.24, 2.45) is 0 Å². The molecular weight excluding hydrogens is 294 g/mol. The number of rotatable bonds is 4. The molecule has 6 heteroatoms. The lowest BCUT2D eigenvalue weighted by molar-refractivity contribution is 0.0693. The molecule has 2 aromatic heterocycles. The van der Waals surface area contributed by atoms with Crippen molar-refractivity contribution >= 4 is 11.6 Å². The summed E-state index contributed by atoms with van der Waals surface area (Å²) in [6, 6.07) is 9.64. The Labute approximate surface area is 132 Å². The van der Waals surface area contributed by atoms with Gasteiger partial charge in [-0.25, -0.2) is 14.8 Å². The minimum absolute atomic E-state index is 0.0414. The SMILES string of the molecule is Cc1cc(-c2cccc(OC3CC3)c2)nc2c(C(=O)O)ncn12. The van der Waals surface area contributed by atoms with Crippen molar-refractivity contribution in [2.75, 3.05) is 0 Å². The molecule has 1 aliphatic rings.